The Morgan fingerprint density at radius 3 is 2.09 bits per heavy atom. The third-order valence-corrected chi connectivity index (χ3v) is 2.79. The molecule has 0 spiro atoms. The first-order valence-corrected chi connectivity index (χ1v) is 5.09. The Balaban J connectivity index is 0.000001000. The van der Waals surface area contributed by atoms with E-state index in [1.54, 1.807) is 0 Å². The summed E-state index contributed by atoms with van der Waals surface area (Å²) in [7, 11) is -3.96. The molecule has 1 fully saturated rings. The topological polar surface area (TPSA) is 57.2 Å². The van der Waals surface area contributed by atoms with Crippen LogP contribution < -0.4 is 29.6 Å². The van der Waals surface area contributed by atoms with E-state index in [0.717, 1.165) is 25.7 Å². The van der Waals surface area contributed by atoms with Crippen molar-refractivity contribution in [2.45, 2.75) is 25.7 Å². The molecule has 0 N–H and O–H groups in total. The average molecular weight is 186 g/mol. The monoisotopic (exact) mass is 186 g/mol. The van der Waals surface area contributed by atoms with Crippen molar-refractivity contribution < 1.29 is 42.5 Å². The molecule has 0 aromatic rings. The van der Waals surface area contributed by atoms with Crippen LogP contribution in [0.15, 0.2) is 0 Å². The van der Waals surface area contributed by atoms with Crippen molar-refractivity contribution in [1.82, 2.24) is 0 Å². The predicted molar refractivity (Wildman–Crippen MR) is 36.5 cm³/mol. The summed E-state index contributed by atoms with van der Waals surface area (Å²) in [5, 5.41) is 0. The Labute approximate surface area is 89.6 Å². The molecule has 60 valence electrons. The fourth-order valence-corrected chi connectivity index (χ4v) is 2.38. The maximum absolute atomic E-state index is 10.2. The summed E-state index contributed by atoms with van der Waals surface area (Å²) in [6, 6.07) is 0. The Morgan fingerprint density at radius 2 is 1.73 bits per heavy atom. The molecule has 11 heavy (non-hydrogen) atoms. The van der Waals surface area contributed by atoms with Crippen molar-refractivity contribution in [3.05, 3.63) is 0 Å². The van der Waals surface area contributed by atoms with Crippen LogP contribution in [-0.4, -0.2) is 18.7 Å². The molecule has 5 heteroatoms. The molecule has 0 bridgehead atoms. The van der Waals surface area contributed by atoms with Gasteiger partial charge in [0.05, 0.1) is 10.1 Å². The second-order valence-electron chi connectivity index (χ2n) is 2.87. The Morgan fingerprint density at radius 1 is 1.27 bits per heavy atom. The van der Waals surface area contributed by atoms with Crippen LogP contribution in [0.4, 0.5) is 0 Å². The molecule has 0 aliphatic heterocycles. The van der Waals surface area contributed by atoms with Crippen LogP contribution in [-0.2, 0) is 10.1 Å². The molecule has 1 rings (SSSR count). The van der Waals surface area contributed by atoms with Gasteiger partial charge < -0.3 is 4.55 Å². The summed E-state index contributed by atoms with van der Waals surface area (Å²) >= 11 is 0. The van der Waals surface area contributed by atoms with Crippen molar-refractivity contribution in [2.24, 2.45) is 5.92 Å². The van der Waals surface area contributed by atoms with Gasteiger partial charge in [-0.25, -0.2) is 8.42 Å². The van der Waals surface area contributed by atoms with E-state index in [2.05, 4.69) is 0 Å². The largest absolute Gasteiger partial charge is 1.00 e. The molecule has 0 aromatic heterocycles. The van der Waals surface area contributed by atoms with Crippen molar-refractivity contribution in [3.8, 4) is 0 Å². The number of rotatable bonds is 2. The standard InChI is InChI=1S/C6H12O3S.Na/c7-10(8,9)5-6-3-1-2-4-6;/h6H,1-5H2,(H,7,8,9);/q;+1/p-1. The fraction of sp³-hybridized carbons (Fsp3) is 1.00. The van der Waals surface area contributed by atoms with Crippen LogP contribution in [0, 0.1) is 5.92 Å². The van der Waals surface area contributed by atoms with E-state index in [-0.39, 0.29) is 41.2 Å². The molecule has 0 unspecified atom stereocenters. The van der Waals surface area contributed by atoms with Gasteiger partial charge in [-0.3, -0.25) is 0 Å². The molecule has 1 aliphatic rings. The molecule has 1 aliphatic carbocycles. The SMILES string of the molecule is O=S(=O)([O-])CC1CCCC1.[Na+]. The third kappa shape index (κ3) is 5.20. The Bertz CT molecular complexity index is 194. The van der Waals surface area contributed by atoms with E-state index in [4.69, 9.17) is 0 Å². The van der Waals surface area contributed by atoms with Gasteiger partial charge in [0.25, 0.3) is 0 Å². The summed E-state index contributed by atoms with van der Waals surface area (Å²) in [6.07, 6.45) is 4.00. The van der Waals surface area contributed by atoms with Gasteiger partial charge in [-0.2, -0.15) is 0 Å². The molecule has 0 amide bonds. The van der Waals surface area contributed by atoms with Crippen molar-refractivity contribution in [2.75, 3.05) is 5.75 Å². The van der Waals surface area contributed by atoms with E-state index in [1.165, 1.54) is 0 Å². The van der Waals surface area contributed by atoms with Crippen LogP contribution in [0.5, 0.6) is 0 Å². The minimum absolute atomic E-state index is 0. The van der Waals surface area contributed by atoms with E-state index in [0.29, 0.717) is 0 Å². The molecule has 0 heterocycles. The molecular weight excluding hydrogens is 175 g/mol. The molecule has 0 aromatic carbocycles. The van der Waals surface area contributed by atoms with Crippen LogP contribution in [0.3, 0.4) is 0 Å². The van der Waals surface area contributed by atoms with Gasteiger partial charge in [0.15, 0.2) is 0 Å². The zero-order valence-corrected chi connectivity index (χ0v) is 9.56. The third-order valence-electron chi connectivity index (χ3n) is 1.91. The Hall–Kier alpha value is 0.910. The number of hydrogen-bond acceptors (Lipinski definition) is 3. The summed E-state index contributed by atoms with van der Waals surface area (Å²) in [4.78, 5) is 0. The minimum atomic E-state index is -3.96. The average Bonchev–Trinajstić information content (AvgIpc) is 2.12. The van der Waals surface area contributed by atoms with E-state index in [1.807, 2.05) is 0 Å². The molecule has 0 radical (unpaired) electrons. The maximum atomic E-state index is 10.2. The second-order valence-corrected chi connectivity index (χ2v) is 4.32. The van der Waals surface area contributed by atoms with Crippen LogP contribution in [0.2, 0.25) is 0 Å². The van der Waals surface area contributed by atoms with Gasteiger partial charge in [-0.15, -0.1) is 0 Å². The zero-order chi connectivity index (χ0) is 7.61. The molecule has 1 saturated carbocycles. The summed E-state index contributed by atoms with van der Waals surface area (Å²) in [6.45, 7) is 0. The molecule has 3 nitrogen and oxygen atoms in total. The van der Waals surface area contributed by atoms with Crippen LogP contribution in [0.25, 0.3) is 0 Å². The Kier molecular flexibility index (Phi) is 5.22. The molecule has 0 saturated heterocycles. The van der Waals surface area contributed by atoms with Gasteiger partial charge in [0, 0.05) is 5.75 Å². The van der Waals surface area contributed by atoms with Crippen molar-refractivity contribution in [1.29, 1.82) is 0 Å². The normalized spacial score (nSPS) is 19.7. The first-order chi connectivity index (χ1) is 4.58. The van der Waals surface area contributed by atoms with Gasteiger partial charge in [0.2, 0.25) is 0 Å². The van der Waals surface area contributed by atoms with Crippen molar-refractivity contribution in [3.63, 3.8) is 0 Å². The predicted octanol–water partition coefficient (Wildman–Crippen LogP) is -2.27. The molecule has 0 atom stereocenters. The van der Waals surface area contributed by atoms with E-state index < -0.39 is 10.1 Å². The summed E-state index contributed by atoms with van der Waals surface area (Å²) < 4.78 is 30.7. The van der Waals surface area contributed by atoms with E-state index >= 15 is 0 Å². The van der Waals surface area contributed by atoms with E-state index in [9.17, 15) is 13.0 Å². The van der Waals surface area contributed by atoms with Crippen LogP contribution >= 0.6 is 0 Å². The van der Waals surface area contributed by atoms with Crippen molar-refractivity contribution >= 4 is 10.1 Å². The molecular formula is C6H11NaO3S. The quantitative estimate of drug-likeness (QED) is 0.361. The smallest absolute Gasteiger partial charge is 0.748 e. The first-order valence-electron chi connectivity index (χ1n) is 3.51. The second kappa shape index (κ2) is 4.82. The van der Waals surface area contributed by atoms with Gasteiger partial charge >= 0.3 is 29.6 Å². The first kappa shape index (κ1) is 11.9. The van der Waals surface area contributed by atoms with Gasteiger partial charge in [-0.05, 0) is 18.8 Å². The summed E-state index contributed by atoms with van der Waals surface area (Å²) in [5.74, 6) is 0.00926. The van der Waals surface area contributed by atoms with Gasteiger partial charge in [0.1, 0.15) is 0 Å². The maximum Gasteiger partial charge on any atom is 1.00 e. The summed E-state index contributed by atoms with van der Waals surface area (Å²) in [5.41, 5.74) is 0. The number of hydrogen-bond donors (Lipinski definition) is 0. The van der Waals surface area contributed by atoms with Gasteiger partial charge in [-0.1, -0.05) is 12.8 Å². The fourth-order valence-electron chi connectivity index (χ4n) is 1.47. The zero-order valence-electron chi connectivity index (χ0n) is 6.75. The minimum Gasteiger partial charge on any atom is -0.748 e. The van der Waals surface area contributed by atoms with Crippen LogP contribution in [0.1, 0.15) is 25.7 Å².